The first-order chi connectivity index (χ1) is 14.2. The van der Waals surface area contributed by atoms with E-state index in [9.17, 15) is 0 Å². The maximum atomic E-state index is 6.41. The van der Waals surface area contributed by atoms with Gasteiger partial charge in [-0.15, -0.1) is 0 Å². The van der Waals surface area contributed by atoms with Crippen LogP contribution in [-0.2, 0) is 7.05 Å². The van der Waals surface area contributed by atoms with E-state index in [2.05, 4.69) is 79.3 Å². The number of benzene rings is 3. The lowest BCUT2D eigenvalue weighted by Crippen LogP contribution is -2.30. The number of para-hydroxylation sites is 1. The third-order valence-corrected chi connectivity index (χ3v) is 5.83. The summed E-state index contributed by atoms with van der Waals surface area (Å²) < 4.78 is 8.59. The molecule has 6 aromatic rings. The van der Waals surface area contributed by atoms with Crippen molar-refractivity contribution in [3.63, 3.8) is 0 Å². The average Bonchev–Trinajstić information content (AvgIpc) is 3.10. The summed E-state index contributed by atoms with van der Waals surface area (Å²) in [6, 6.07) is 25.4. The van der Waals surface area contributed by atoms with E-state index >= 15 is 0 Å². The number of hydrogen-bond acceptors (Lipinski definition) is 2. The monoisotopic (exact) mass is 375 g/mol. The summed E-state index contributed by atoms with van der Waals surface area (Å²) in [4.78, 5) is 4.79. The van der Waals surface area contributed by atoms with E-state index in [1.807, 2.05) is 18.2 Å². The molecule has 0 radical (unpaired) electrons. The molecule has 0 N–H and O–H groups in total. The number of aryl methyl sites for hydroxylation is 2. The lowest BCUT2D eigenvalue weighted by atomic mass is 9.97. The van der Waals surface area contributed by atoms with E-state index in [0.29, 0.717) is 5.71 Å². The molecule has 3 heterocycles. The van der Waals surface area contributed by atoms with Crippen molar-refractivity contribution in [2.45, 2.75) is 6.92 Å². The first-order valence-corrected chi connectivity index (χ1v) is 9.80. The van der Waals surface area contributed by atoms with Crippen LogP contribution in [0, 0.1) is 6.92 Å². The Balaban J connectivity index is 1.79. The van der Waals surface area contributed by atoms with E-state index < -0.39 is 0 Å². The lowest BCUT2D eigenvalue weighted by molar-refractivity contribution is -0.659. The maximum absolute atomic E-state index is 6.41. The van der Waals surface area contributed by atoms with Crippen molar-refractivity contribution in [1.82, 2.24) is 4.98 Å². The van der Waals surface area contributed by atoms with Crippen LogP contribution in [0.5, 0.6) is 0 Å². The fraction of sp³-hybridized carbons (Fsp3) is 0.0769. The first-order valence-electron chi connectivity index (χ1n) is 9.80. The van der Waals surface area contributed by atoms with Gasteiger partial charge < -0.3 is 4.42 Å². The highest BCUT2D eigenvalue weighted by Gasteiger charge is 2.23. The van der Waals surface area contributed by atoms with Gasteiger partial charge in [0.05, 0.1) is 16.5 Å². The van der Waals surface area contributed by atoms with Gasteiger partial charge in [-0.05, 0) is 36.1 Å². The van der Waals surface area contributed by atoms with E-state index in [4.69, 9.17) is 9.40 Å². The van der Waals surface area contributed by atoms with Crippen molar-refractivity contribution in [2.75, 3.05) is 0 Å². The van der Waals surface area contributed by atoms with E-state index in [1.165, 1.54) is 16.3 Å². The zero-order chi connectivity index (χ0) is 19.5. The van der Waals surface area contributed by atoms with Crippen LogP contribution in [0.3, 0.4) is 0 Å². The van der Waals surface area contributed by atoms with Crippen LogP contribution >= 0.6 is 0 Å². The molecule has 0 fully saturated rings. The molecule has 0 aliphatic heterocycles. The molecule has 0 saturated carbocycles. The standard InChI is InChI=1S/C26H19N2O/c1-16-11-12-20-21-15-18-8-4-6-10-22(18)27-26(21)29-25(20)23(16)24-19-9-5-3-7-17(19)13-14-28(24)2/h3-15H,1-2H3/q+1. The second-order valence-electron chi connectivity index (χ2n) is 7.63. The molecule has 3 aromatic heterocycles. The van der Waals surface area contributed by atoms with E-state index in [0.717, 1.165) is 38.5 Å². The second kappa shape index (κ2) is 5.89. The minimum atomic E-state index is 0.688. The molecule has 0 atom stereocenters. The largest absolute Gasteiger partial charge is 0.437 e. The predicted octanol–water partition coefficient (Wildman–Crippen LogP) is 6.09. The summed E-state index contributed by atoms with van der Waals surface area (Å²) in [5, 5.41) is 5.72. The summed E-state index contributed by atoms with van der Waals surface area (Å²) >= 11 is 0. The van der Waals surface area contributed by atoms with Crippen molar-refractivity contribution in [3.8, 4) is 11.3 Å². The molecular weight excluding hydrogens is 356 g/mol. The fourth-order valence-electron chi connectivity index (χ4n) is 4.38. The molecule has 3 heteroatoms. The van der Waals surface area contributed by atoms with Gasteiger partial charge in [-0.3, -0.25) is 0 Å². The molecule has 6 rings (SSSR count). The van der Waals surface area contributed by atoms with Crippen LogP contribution in [0.25, 0.3) is 55.0 Å². The van der Waals surface area contributed by atoms with Crippen molar-refractivity contribution < 1.29 is 8.98 Å². The molecule has 3 aromatic carbocycles. The number of fused-ring (bicyclic) bond motifs is 5. The first kappa shape index (κ1) is 16.3. The Morgan fingerprint density at radius 3 is 2.48 bits per heavy atom. The maximum Gasteiger partial charge on any atom is 0.227 e. The summed E-state index contributed by atoms with van der Waals surface area (Å²) in [5.41, 5.74) is 6.02. The molecule has 0 saturated heterocycles. The van der Waals surface area contributed by atoms with Gasteiger partial charge in [0, 0.05) is 22.2 Å². The molecule has 0 amide bonds. The molecule has 3 nitrogen and oxygen atoms in total. The Hall–Kier alpha value is -3.72. The Morgan fingerprint density at radius 2 is 1.59 bits per heavy atom. The molecule has 138 valence electrons. The number of furan rings is 1. The summed E-state index contributed by atoms with van der Waals surface area (Å²) in [7, 11) is 2.09. The highest BCUT2D eigenvalue weighted by Crippen LogP contribution is 2.39. The summed E-state index contributed by atoms with van der Waals surface area (Å²) in [6.45, 7) is 2.15. The molecule has 0 spiro atoms. The van der Waals surface area contributed by atoms with Crippen molar-refractivity contribution in [3.05, 3.63) is 84.6 Å². The Morgan fingerprint density at radius 1 is 0.793 bits per heavy atom. The van der Waals surface area contributed by atoms with Crippen LogP contribution < -0.4 is 4.57 Å². The van der Waals surface area contributed by atoms with Crippen LogP contribution in [0.15, 0.2) is 83.4 Å². The minimum absolute atomic E-state index is 0.688. The van der Waals surface area contributed by atoms with Crippen LogP contribution in [0.2, 0.25) is 0 Å². The normalized spacial score (nSPS) is 11.8. The highest BCUT2D eigenvalue weighted by molar-refractivity contribution is 6.13. The number of hydrogen-bond donors (Lipinski definition) is 0. The van der Waals surface area contributed by atoms with Gasteiger partial charge in [0.2, 0.25) is 11.4 Å². The SMILES string of the molecule is Cc1ccc2c(oc3nc4ccccc4cc32)c1-c1c2ccccc2cc[n+]1C. The van der Waals surface area contributed by atoms with Crippen LogP contribution in [-0.4, -0.2) is 4.98 Å². The summed E-state index contributed by atoms with van der Waals surface area (Å²) in [6.07, 6.45) is 2.12. The molecule has 0 aliphatic rings. The smallest absolute Gasteiger partial charge is 0.227 e. The Bertz CT molecular complexity index is 1580. The van der Waals surface area contributed by atoms with E-state index in [-0.39, 0.29) is 0 Å². The molecule has 0 bridgehead atoms. The lowest BCUT2D eigenvalue weighted by Gasteiger charge is -2.08. The van der Waals surface area contributed by atoms with Gasteiger partial charge in [-0.1, -0.05) is 48.5 Å². The predicted molar refractivity (Wildman–Crippen MR) is 118 cm³/mol. The number of aromatic nitrogens is 2. The third kappa shape index (κ3) is 2.31. The zero-order valence-corrected chi connectivity index (χ0v) is 16.3. The molecule has 0 aliphatic carbocycles. The van der Waals surface area contributed by atoms with Crippen LogP contribution in [0.4, 0.5) is 0 Å². The summed E-state index contributed by atoms with van der Waals surface area (Å²) in [5.74, 6) is 0. The number of pyridine rings is 2. The topological polar surface area (TPSA) is 29.9 Å². The fourth-order valence-corrected chi connectivity index (χ4v) is 4.38. The van der Waals surface area contributed by atoms with Gasteiger partial charge in [-0.25, -0.2) is 9.55 Å². The van der Waals surface area contributed by atoms with Crippen LogP contribution in [0.1, 0.15) is 5.56 Å². The third-order valence-electron chi connectivity index (χ3n) is 5.83. The number of nitrogens with zero attached hydrogens (tertiary/aromatic N) is 2. The molecular formula is C26H19N2O+. The van der Waals surface area contributed by atoms with E-state index in [1.54, 1.807) is 0 Å². The zero-order valence-electron chi connectivity index (χ0n) is 16.3. The van der Waals surface area contributed by atoms with Crippen molar-refractivity contribution in [1.29, 1.82) is 0 Å². The molecule has 0 unspecified atom stereocenters. The molecule has 29 heavy (non-hydrogen) atoms. The minimum Gasteiger partial charge on any atom is -0.437 e. The second-order valence-corrected chi connectivity index (χ2v) is 7.63. The highest BCUT2D eigenvalue weighted by atomic mass is 16.3. The van der Waals surface area contributed by atoms with Crippen molar-refractivity contribution in [2.24, 2.45) is 7.05 Å². The quantitative estimate of drug-likeness (QED) is 0.326. The van der Waals surface area contributed by atoms with Crippen molar-refractivity contribution >= 4 is 43.7 Å². The van der Waals surface area contributed by atoms with Gasteiger partial charge in [-0.2, -0.15) is 0 Å². The van der Waals surface area contributed by atoms with Gasteiger partial charge in [0.15, 0.2) is 11.8 Å². The van der Waals surface area contributed by atoms with Gasteiger partial charge in [0.25, 0.3) is 0 Å². The van der Waals surface area contributed by atoms with Gasteiger partial charge in [0.1, 0.15) is 7.05 Å². The Kier molecular flexibility index (Phi) is 3.30. The van der Waals surface area contributed by atoms with Gasteiger partial charge >= 0.3 is 0 Å². The average molecular weight is 375 g/mol. The Labute approximate surface area is 167 Å². The number of rotatable bonds is 1.